The Labute approximate surface area is 240 Å². The number of hydrogen-bond donors (Lipinski definition) is 2. The van der Waals surface area contributed by atoms with Crippen LogP contribution >= 0.6 is 23.4 Å². The van der Waals surface area contributed by atoms with Gasteiger partial charge in [0, 0.05) is 43.5 Å². The van der Waals surface area contributed by atoms with Gasteiger partial charge in [0.05, 0.1) is 23.1 Å². The van der Waals surface area contributed by atoms with Gasteiger partial charge in [0.2, 0.25) is 5.91 Å². The highest BCUT2D eigenvalue weighted by molar-refractivity contribution is 7.99. The summed E-state index contributed by atoms with van der Waals surface area (Å²) in [5.74, 6) is 0.563. The second-order valence-corrected chi connectivity index (χ2v) is 13.2. The Kier molecular flexibility index (Phi) is 9.16. The Morgan fingerprint density at radius 2 is 1.82 bits per heavy atom. The zero-order valence-electron chi connectivity index (χ0n) is 23.2. The first-order chi connectivity index (χ1) is 18.4. The number of primary amides is 1. The van der Waals surface area contributed by atoms with Crippen LogP contribution < -0.4 is 20.9 Å². The lowest BCUT2D eigenvalue weighted by Crippen LogP contribution is -2.45. The number of benzene rings is 1. The number of amides is 2. The minimum Gasteiger partial charge on any atom is -0.444 e. The third kappa shape index (κ3) is 7.91. The zero-order valence-corrected chi connectivity index (χ0v) is 24.8. The molecule has 0 bridgehead atoms. The van der Waals surface area contributed by atoms with Crippen molar-refractivity contribution < 1.29 is 14.3 Å². The molecule has 0 saturated carbocycles. The largest absolute Gasteiger partial charge is 0.444 e. The van der Waals surface area contributed by atoms with Gasteiger partial charge in [0.1, 0.15) is 16.4 Å². The smallest absolute Gasteiger partial charge is 0.407 e. The highest BCUT2D eigenvalue weighted by atomic mass is 35.5. The molecule has 2 saturated heterocycles. The fourth-order valence-electron chi connectivity index (χ4n) is 4.92. The van der Waals surface area contributed by atoms with Gasteiger partial charge < -0.3 is 25.6 Å². The Bertz CT molecular complexity index is 1160. The molecule has 1 aromatic carbocycles. The number of nitrogens with one attached hydrogen (secondary N) is 1. The first kappa shape index (κ1) is 29.3. The van der Waals surface area contributed by atoms with Crippen molar-refractivity contribution >= 4 is 46.9 Å². The molecule has 1 aromatic heterocycles. The van der Waals surface area contributed by atoms with E-state index >= 15 is 0 Å². The average Bonchev–Trinajstić information content (AvgIpc) is 2.89. The zero-order chi connectivity index (χ0) is 28.2. The van der Waals surface area contributed by atoms with E-state index in [-0.39, 0.29) is 23.3 Å². The van der Waals surface area contributed by atoms with Gasteiger partial charge in [0.15, 0.2) is 0 Å². The third-order valence-electron chi connectivity index (χ3n) is 7.36. The number of alkyl carbamates (subject to hydrolysis) is 1. The maximum atomic E-state index is 12.1. The van der Waals surface area contributed by atoms with Crippen molar-refractivity contribution in [2.24, 2.45) is 17.1 Å². The highest BCUT2D eigenvalue weighted by Crippen LogP contribution is 2.39. The van der Waals surface area contributed by atoms with Crippen LogP contribution in [-0.2, 0) is 9.53 Å². The van der Waals surface area contributed by atoms with Crippen molar-refractivity contribution in [1.82, 2.24) is 15.3 Å². The van der Waals surface area contributed by atoms with Crippen molar-refractivity contribution in [2.45, 2.75) is 68.9 Å². The number of rotatable bonds is 7. The molecule has 0 unspecified atom stereocenters. The van der Waals surface area contributed by atoms with E-state index in [0.29, 0.717) is 11.6 Å². The Balaban J connectivity index is 1.31. The number of anilines is 2. The number of aromatic nitrogens is 2. The van der Waals surface area contributed by atoms with Gasteiger partial charge in [-0.2, -0.15) is 0 Å². The Hall–Kier alpha value is -2.72. The number of carbonyl (C=O) groups is 2. The summed E-state index contributed by atoms with van der Waals surface area (Å²) in [5.41, 5.74) is 5.95. The summed E-state index contributed by atoms with van der Waals surface area (Å²) in [6.07, 6.45) is 6.58. The molecule has 212 valence electrons. The molecule has 11 heteroatoms. The summed E-state index contributed by atoms with van der Waals surface area (Å²) < 4.78 is 5.37. The molecular formula is C28H39ClN6O3S. The summed E-state index contributed by atoms with van der Waals surface area (Å²) in [4.78, 5) is 38.3. The second-order valence-electron chi connectivity index (χ2n) is 11.7. The minimum absolute atomic E-state index is 0.00745. The number of nitrogens with two attached hydrogens (primary N) is 1. The summed E-state index contributed by atoms with van der Waals surface area (Å²) in [7, 11) is 0. The van der Waals surface area contributed by atoms with Crippen LogP contribution in [0.3, 0.4) is 0 Å². The summed E-state index contributed by atoms with van der Waals surface area (Å²) in [6, 6.07) is 5.99. The maximum Gasteiger partial charge on any atom is 0.407 e. The first-order valence-electron chi connectivity index (χ1n) is 13.5. The van der Waals surface area contributed by atoms with Crippen LogP contribution in [0.25, 0.3) is 0 Å². The minimum atomic E-state index is -0.504. The molecule has 0 radical (unpaired) electrons. The van der Waals surface area contributed by atoms with Crippen molar-refractivity contribution in [3.63, 3.8) is 0 Å². The fourth-order valence-corrected chi connectivity index (χ4v) is 6.06. The van der Waals surface area contributed by atoms with E-state index in [2.05, 4.69) is 32.0 Å². The molecule has 3 N–H and O–H groups in total. The molecule has 2 amide bonds. The molecule has 4 rings (SSSR count). The predicted octanol–water partition coefficient (Wildman–Crippen LogP) is 5.11. The molecule has 0 spiro atoms. The normalized spacial score (nSPS) is 18.1. The van der Waals surface area contributed by atoms with Crippen molar-refractivity contribution in [3.8, 4) is 0 Å². The van der Waals surface area contributed by atoms with Crippen LogP contribution in [0.15, 0.2) is 40.5 Å². The lowest BCUT2D eigenvalue weighted by Gasteiger charge is -2.40. The van der Waals surface area contributed by atoms with Crippen LogP contribution in [0.2, 0.25) is 5.02 Å². The van der Waals surface area contributed by atoms with E-state index in [1.54, 1.807) is 6.20 Å². The van der Waals surface area contributed by atoms with Crippen LogP contribution in [0, 0.1) is 11.3 Å². The quantitative estimate of drug-likeness (QED) is 0.469. The summed E-state index contributed by atoms with van der Waals surface area (Å²) in [6.45, 7) is 11.6. The van der Waals surface area contributed by atoms with E-state index in [4.69, 9.17) is 22.1 Å². The first-order valence-corrected chi connectivity index (χ1v) is 14.7. The van der Waals surface area contributed by atoms with E-state index in [1.807, 2.05) is 45.2 Å². The molecular weight excluding hydrogens is 536 g/mol. The molecule has 0 atom stereocenters. The average molecular weight is 575 g/mol. The van der Waals surface area contributed by atoms with Crippen molar-refractivity contribution in [2.75, 3.05) is 42.5 Å². The van der Waals surface area contributed by atoms with E-state index in [1.165, 1.54) is 11.8 Å². The van der Waals surface area contributed by atoms with E-state index in [0.717, 1.165) is 73.3 Å². The summed E-state index contributed by atoms with van der Waals surface area (Å²) in [5, 5.41) is 4.38. The monoisotopic (exact) mass is 574 g/mol. The molecule has 9 nitrogen and oxygen atoms in total. The van der Waals surface area contributed by atoms with Gasteiger partial charge >= 0.3 is 6.09 Å². The number of nitrogens with zero attached hydrogens (tertiary/aromatic N) is 4. The lowest BCUT2D eigenvalue weighted by molar-refractivity contribution is -0.122. The van der Waals surface area contributed by atoms with Crippen molar-refractivity contribution in [3.05, 3.63) is 35.6 Å². The molecule has 2 aliphatic heterocycles. The Morgan fingerprint density at radius 1 is 1.13 bits per heavy atom. The highest BCUT2D eigenvalue weighted by Gasteiger charge is 2.32. The van der Waals surface area contributed by atoms with Gasteiger partial charge in [0.25, 0.3) is 0 Å². The molecule has 0 aliphatic carbocycles. The van der Waals surface area contributed by atoms with E-state index in [9.17, 15) is 9.59 Å². The predicted molar refractivity (Wildman–Crippen MR) is 156 cm³/mol. The topological polar surface area (TPSA) is 114 Å². The standard InChI is InChI=1S/C28H39ClN6O3S/c1-27(2,3)38-26(37)33-18-28(4)10-14-35(15-11-28)22-16-32-23(17-31-22)39-21-7-5-6-20(24(21)29)34-12-8-19(9-13-34)25(30)36/h5-7,16-17,19H,8-15,18H2,1-4H3,(H2,30,36)(H,33,37). The maximum absolute atomic E-state index is 12.1. The van der Waals surface area contributed by atoms with Crippen LogP contribution in [-0.4, -0.2) is 60.3 Å². The fraction of sp³-hybridized carbons (Fsp3) is 0.571. The second kappa shape index (κ2) is 12.2. The van der Waals surface area contributed by atoms with Gasteiger partial charge in [-0.15, -0.1) is 0 Å². The number of halogens is 1. The molecule has 2 aromatic rings. The Morgan fingerprint density at radius 3 is 2.41 bits per heavy atom. The van der Waals surface area contributed by atoms with Gasteiger partial charge in [-0.1, -0.05) is 36.4 Å². The number of hydrogen-bond acceptors (Lipinski definition) is 8. The molecule has 3 heterocycles. The SMILES string of the molecule is CC1(CNC(=O)OC(C)(C)C)CCN(c2cnc(Sc3cccc(N4CCC(C(N)=O)CC4)c3Cl)cn2)CC1. The van der Waals surface area contributed by atoms with Crippen LogP contribution in [0.4, 0.5) is 16.3 Å². The van der Waals surface area contributed by atoms with Gasteiger partial charge in [-0.3, -0.25) is 4.79 Å². The summed E-state index contributed by atoms with van der Waals surface area (Å²) >= 11 is 8.29. The molecule has 2 fully saturated rings. The lowest BCUT2D eigenvalue weighted by atomic mass is 9.80. The van der Waals surface area contributed by atoms with E-state index < -0.39 is 5.60 Å². The molecule has 39 heavy (non-hydrogen) atoms. The van der Waals surface area contributed by atoms with Crippen LogP contribution in [0.1, 0.15) is 53.4 Å². The number of carbonyl (C=O) groups excluding carboxylic acids is 2. The number of ether oxygens (including phenoxy) is 1. The van der Waals surface area contributed by atoms with Gasteiger partial charge in [-0.05, 0) is 64.0 Å². The number of piperidine rings is 2. The van der Waals surface area contributed by atoms with Gasteiger partial charge in [-0.25, -0.2) is 14.8 Å². The van der Waals surface area contributed by atoms with Crippen molar-refractivity contribution in [1.29, 1.82) is 0 Å². The third-order valence-corrected chi connectivity index (χ3v) is 8.85. The van der Waals surface area contributed by atoms with Crippen LogP contribution in [0.5, 0.6) is 0 Å². The molecule has 2 aliphatic rings.